The van der Waals surface area contributed by atoms with Crippen LogP contribution in [-0.4, -0.2) is 0 Å². The summed E-state index contributed by atoms with van der Waals surface area (Å²) in [6, 6.07) is 25.0. The van der Waals surface area contributed by atoms with E-state index in [1.807, 2.05) is 0 Å². The summed E-state index contributed by atoms with van der Waals surface area (Å²) in [5.41, 5.74) is 3.36. The van der Waals surface area contributed by atoms with E-state index in [1.165, 1.54) is 0 Å². The molecule has 0 fully saturated rings. The molecule has 0 spiro atoms. The molecule has 0 N–H and O–H groups in total. The Labute approximate surface area is 173 Å². The van der Waals surface area contributed by atoms with E-state index in [-0.39, 0.29) is 18.6 Å². The maximum Gasteiger partial charge on any atom is 0.0462 e. The molecule has 5 heteroatoms. The summed E-state index contributed by atoms with van der Waals surface area (Å²) in [6.07, 6.45) is 0. The molecule has 23 heavy (non-hydrogen) atoms. The molecule has 0 aliphatic carbocycles. The second-order valence-corrected chi connectivity index (χ2v) is 7.51. The third-order valence-corrected chi connectivity index (χ3v) is 4.84. The number of anilines is 3. The predicted octanol–water partition coefficient (Wildman–Crippen LogP) is 7.44. The van der Waals surface area contributed by atoms with E-state index in [4.69, 9.17) is 0 Å². The Morgan fingerprint density at radius 3 is 0.870 bits per heavy atom. The molecule has 3 aromatic rings. The van der Waals surface area contributed by atoms with Crippen molar-refractivity contribution in [3.63, 3.8) is 0 Å². The Balaban J connectivity index is 0.00000192. The molecule has 0 amide bonds. The van der Waals surface area contributed by atoms with Crippen LogP contribution in [0.2, 0.25) is 0 Å². The summed E-state index contributed by atoms with van der Waals surface area (Å²) in [6.45, 7) is 0. The van der Waals surface area contributed by atoms with Gasteiger partial charge in [-0.1, -0.05) is 47.8 Å². The van der Waals surface area contributed by atoms with Crippen LogP contribution in [0.5, 0.6) is 0 Å². The molecule has 3 aromatic carbocycles. The van der Waals surface area contributed by atoms with E-state index in [0.29, 0.717) is 0 Å². The van der Waals surface area contributed by atoms with Gasteiger partial charge in [-0.25, -0.2) is 0 Å². The van der Waals surface area contributed by atoms with Gasteiger partial charge < -0.3 is 4.90 Å². The topological polar surface area (TPSA) is 3.24 Å². The first kappa shape index (κ1) is 18.8. The molecule has 1 radical (unpaired) electrons. The second-order valence-electron chi connectivity index (χ2n) is 4.76. The van der Waals surface area contributed by atoms with Gasteiger partial charge in [-0.05, 0) is 72.8 Å². The van der Waals surface area contributed by atoms with Crippen LogP contribution in [0.1, 0.15) is 0 Å². The molecule has 0 aliphatic heterocycles. The van der Waals surface area contributed by atoms with Crippen LogP contribution in [0, 0.1) is 0 Å². The number of rotatable bonds is 3. The Morgan fingerprint density at radius 2 is 0.652 bits per heavy atom. The van der Waals surface area contributed by atoms with Crippen molar-refractivity contribution in [1.29, 1.82) is 0 Å². The van der Waals surface area contributed by atoms with Crippen molar-refractivity contribution in [2.45, 2.75) is 0 Å². The summed E-state index contributed by atoms with van der Waals surface area (Å²) >= 11 is 10.5. The largest absolute Gasteiger partial charge is 0.311 e. The van der Waals surface area contributed by atoms with Gasteiger partial charge in [-0.3, -0.25) is 0 Å². The normalized spacial score (nSPS) is 10.0. The fourth-order valence-corrected chi connectivity index (χ4v) is 3.01. The van der Waals surface area contributed by atoms with Crippen molar-refractivity contribution in [2.75, 3.05) is 4.90 Å². The Kier molecular flexibility index (Phi) is 6.99. The van der Waals surface area contributed by atoms with E-state index in [9.17, 15) is 0 Å². The van der Waals surface area contributed by atoms with Crippen molar-refractivity contribution in [3.05, 3.63) is 86.2 Å². The van der Waals surface area contributed by atoms with E-state index < -0.39 is 0 Å². The summed E-state index contributed by atoms with van der Waals surface area (Å²) in [7, 11) is 0. The molecule has 115 valence electrons. The number of hydrogen-bond donors (Lipinski definition) is 0. The van der Waals surface area contributed by atoms with Crippen LogP contribution in [0.25, 0.3) is 0 Å². The van der Waals surface area contributed by atoms with Crippen molar-refractivity contribution >= 4 is 64.9 Å². The molecule has 0 atom stereocenters. The first-order valence-corrected chi connectivity index (χ1v) is 9.08. The fraction of sp³-hybridized carbons (Fsp3) is 0. The van der Waals surface area contributed by atoms with Gasteiger partial charge in [0.15, 0.2) is 0 Å². The van der Waals surface area contributed by atoms with Gasteiger partial charge in [-0.2, -0.15) is 0 Å². The Morgan fingerprint density at radius 1 is 0.435 bits per heavy atom. The summed E-state index contributed by atoms with van der Waals surface area (Å²) in [5, 5.41) is 0. The quantitative estimate of drug-likeness (QED) is 0.339. The van der Waals surface area contributed by atoms with Crippen molar-refractivity contribution in [2.24, 2.45) is 0 Å². The zero-order valence-corrected chi connectivity index (χ0v) is 18.1. The Hall–Kier alpha value is -0.516. The average molecular weight is 533 g/mol. The third kappa shape index (κ3) is 4.74. The molecule has 0 unspecified atom stereocenters. The molecule has 0 aromatic heterocycles. The maximum atomic E-state index is 3.50. The van der Waals surface area contributed by atoms with Crippen molar-refractivity contribution in [1.82, 2.24) is 0 Å². The average Bonchev–Trinajstić information content (AvgIpc) is 2.53. The minimum Gasteiger partial charge on any atom is -0.311 e. The first-order chi connectivity index (χ1) is 10.6. The van der Waals surface area contributed by atoms with E-state index >= 15 is 0 Å². The first-order valence-electron chi connectivity index (χ1n) is 6.70. The summed E-state index contributed by atoms with van der Waals surface area (Å²) < 4.78 is 3.22. The maximum absolute atomic E-state index is 3.50. The zero-order valence-electron chi connectivity index (χ0n) is 12.0. The predicted molar refractivity (Wildman–Crippen MR) is 104 cm³/mol. The van der Waals surface area contributed by atoms with E-state index in [1.54, 1.807) is 0 Å². The van der Waals surface area contributed by atoms with Crippen LogP contribution in [0.15, 0.2) is 86.2 Å². The van der Waals surface area contributed by atoms with Gasteiger partial charge in [0.25, 0.3) is 0 Å². The molecule has 1 nitrogen and oxygen atoms in total. The number of hydrogen-bond acceptors (Lipinski definition) is 1. The SMILES string of the molecule is Brc1ccc(N(c2ccc(Br)cc2)c2ccc(Br)cc2)cc1.[V]. The Bertz CT molecular complexity index is 648. The standard InChI is InChI=1S/C18H12Br3N.V/c19-13-1-7-16(8-2-13)22(17-9-3-14(20)4-10-17)18-11-5-15(21)6-12-18;/h1-12H;. The van der Waals surface area contributed by atoms with Crippen molar-refractivity contribution in [3.8, 4) is 0 Å². The number of benzene rings is 3. The van der Waals surface area contributed by atoms with Crippen molar-refractivity contribution < 1.29 is 18.6 Å². The molecule has 0 aliphatic rings. The fourth-order valence-electron chi connectivity index (χ4n) is 2.22. The molecule has 0 bridgehead atoms. The van der Waals surface area contributed by atoms with Gasteiger partial charge in [-0.15, -0.1) is 0 Å². The van der Waals surface area contributed by atoms with E-state index in [0.717, 1.165) is 30.5 Å². The van der Waals surface area contributed by atoms with E-state index in [2.05, 4.69) is 125 Å². The second kappa shape index (κ2) is 8.54. The number of halogens is 3. The van der Waals surface area contributed by atoms with Gasteiger partial charge in [0.1, 0.15) is 0 Å². The van der Waals surface area contributed by atoms with Crippen LogP contribution < -0.4 is 4.90 Å². The minimum atomic E-state index is 0. The number of nitrogens with zero attached hydrogens (tertiary/aromatic N) is 1. The van der Waals surface area contributed by atoms with Crippen LogP contribution in [-0.2, 0) is 18.6 Å². The third-order valence-electron chi connectivity index (χ3n) is 3.25. The monoisotopic (exact) mass is 530 g/mol. The molecule has 3 rings (SSSR count). The molecule has 0 saturated heterocycles. The molecule has 0 saturated carbocycles. The summed E-state index contributed by atoms with van der Waals surface area (Å²) in [5.74, 6) is 0. The van der Waals surface area contributed by atoms with Gasteiger partial charge in [0.05, 0.1) is 0 Å². The smallest absolute Gasteiger partial charge is 0.0462 e. The molecule has 0 heterocycles. The summed E-state index contributed by atoms with van der Waals surface area (Å²) in [4.78, 5) is 2.23. The minimum absolute atomic E-state index is 0. The van der Waals surface area contributed by atoms with Gasteiger partial charge in [0.2, 0.25) is 0 Å². The van der Waals surface area contributed by atoms with Crippen LogP contribution >= 0.6 is 47.8 Å². The zero-order chi connectivity index (χ0) is 15.5. The van der Waals surface area contributed by atoms with Crippen LogP contribution in [0.4, 0.5) is 17.1 Å². The molecular weight excluding hydrogens is 521 g/mol. The van der Waals surface area contributed by atoms with Crippen LogP contribution in [0.3, 0.4) is 0 Å². The van der Waals surface area contributed by atoms with Gasteiger partial charge in [0, 0.05) is 49.0 Å². The molecular formula is C18H12Br3NV. The van der Waals surface area contributed by atoms with Gasteiger partial charge >= 0.3 is 0 Å².